The predicted octanol–water partition coefficient (Wildman–Crippen LogP) is 5.41. The van der Waals surface area contributed by atoms with E-state index in [0.717, 1.165) is 22.7 Å². The highest BCUT2D eigenvalue weighted by Crippen LogP contribution is 2.29. The highest BCUT2D eigenvalue weighted by Gasteiger charge is 2.19. The lowest BCUT2D eigenvalue weighted by Crippen LogP contribution is -2.27. The lowest BCUT2D eigenvalue weighted by molar-refractivity contribution is 0.629. The Balaban J connectivity index is 2.17. The fourth-order valence-corrected chi connectivity index (χ4v) is 2.82. The maximum absolute atomic E-state index is 4.92. The molecule has 3 aromatic rings. The number of nitrogens with one attached hydrogen (secondary N) is 1. The van der Waals surface area contributed by atoms with Crippen LogP contribution in [-0.2, 0) is 0 Å². The fraction of sp³-hybridized carbons (Fsp3) is 0.286. The maximum atomic E-state index is 4.92. The van der Waals surface area contributed by atoms with Crippen molar-refractivity contribution in [2.45, 2.75) is 40.2 Å². The third kappa shape index (κ3) is 3.35. The number of rotatable bonds is 3. The molecule has 0 amide bonds. The molecule has 0 aliphatic carbocycles. The molecule has 1 N–H and O–H groups in total. The van der Waals surface area contributed by atoms with Gasteiger partial charge in [0.15, 0.2) is 0 Å². The summed E-state index contributed by atoms with van der Waals surface area (Å²) in [5.74, 6) is 1.05. The molecule has 2 heterocycles. The van der Waals surface area contributed by atoms with E-state index in [-0.39, 0.29) is 5.54 Å². The molecule has 0 aliphatic heterocycles. The molecule has 0 aliphatic rings. The molecule has 0 saturated carbocycles. The van der Waals surface area contributed by atoms with Gasteiger partial charge in [-0.05, 0) is 63.5 Å². The highest BCUT2D eigenvalue weighted by atomic mass is 15.2. The van der Waals surface area contributed by atoms with Crippen LogP contribution in [0.3, 0.4) is 0 Å². The third-order valence-electron chi connectivity index (χ3n) is 3.89. The van der Waals surface area contributed by atoms with Crippen molar-refractivity contribution in [1.29, 1.82) is 0 Å². The van der Waals surface area contributed by atoms with Crippen molar-refractivity contribution in [1.82, 2.24) is 9.38 Å². The van der Waals surface area contributed by atoms with E-state index in [1.165, 1.54) is 11.1 Å². The molecule has 3 rings (SSSR count). The average Bonchev–Trinajstić information content (AvgIpc) is 2.87. The summed E-state index contributed by atoms with van der Waals surface area (Å²) >= 11 is 0. The van der Waals surface area contributed by atoms with Gasteiger partial charge in [-0.1, -0.05) is 36.4 Å². The highest BCUT2D eigenvalue weighted by molar-refractivity contribution is 5.85. The molecule has 1 aromatic carbocycles. The maximum Gasteiger partial charge on any atom is 0.142 e. The zero-order chi connectivity index (χ0) is 17.3. The van der Waals surface area contributed by atoms with E-state index < -0.39 is 0 Å². The monoisotopic (exact) mass is 319 g/mol. The first-order valence-electron chi connectivity index (χ1n) is 8.35. The number of aryl methyl sites for hydroxylation is 1. The zero-order valence-corrected chi connectivity index (χ0v) is 15.1. The summed E-state index contributed by atoms with van der Waals surface area (Å²) < 4.78 is 2.15. The van der Waals surface area contributed by atoms with Crippen LogP contribution in [0.5, 0.6) is 0 Å². The Morgan fingerprint density at radius 2 is 1.79 bits per heavy atom. The van der Waals surface area contributed by atoms with E-state index in [4.69, 9.17) is 4.98 Å². The van der Waals surface area contributed by atoms with E-state index in [2.05, 4.69) is 93.0 Å². The number of pyridine rings is 1. The number of imidazole rings is 1. The molecule has 0 bridgehead atoms. The van der Waals surface area contributed by atoms with Crippen molar-refractivity contribution in [3.63, 3.8) is 0 Å². The number of benzene rings is 1. The number of aromatic nitrogens is 2. The summed E-state index contributed by atoms with van der Waals surface area (Å²) in [7, 11) is 0. The number of hydrogen-bond donors (Lipinski definition) is 1. The van der Waals surface area contributed by atoms with E-state index >= 15 is 0 Å². The van der Waals surface area contributed by atoms with Gasteiger partial charge in [0.1, 0.15) is 17.2 Å². The van der Waals surface area contributed by atoms with Gasteiger partial charge in [-0.3, -0.25) is 4.40 Å². The smallest absolute Gasteiger partial charge is 0.142 e. The van der Waals surface area contributed by atoms with Crippen molar-refractivity contribution in [2.75, 3.05) is 5.32 Å². The summed E-state index contributed by atoms with van der Waals surface area (Å²) in [5.41, 5.74) is 5.47. The van der Waals surface area contributed by atoms with Gasteiger partial charge in [0, 0.05) is 11.7 Å². The van der Waals surface area contributed by atoms with Crippen LogP contribution in [-0.4, -0.2) is 14.9 Å². The topological polar surface area (TPSA) is 29.3 Å². The molecular weight excluding hydrogens is 294 g/mol. The molecule has 2 aromatic heterocycles. The lowest BCUT2D eigenvalue weighted by atomic mass is 10.1. The van der Waals surface area contributed by atoms with Gasteiger partial charge in [-0.15, -0.1) is 0 Å². The zero-order valence-electron chi connectivity index (χ0n) is 15.1. The minimum absolute atomic E-state index is 0.0402. The van der Waals surface area contributed by atoms with Crippen LogP contribution in [0.4, 0.5) is 5.82 Å². The Morgan fingerprint density at radius 3 is 2.46 bits per heavy atom. The summed E-state index contributed by atoms with van der Waals surface area (Å²) in [6, 6.07) is 14.5. The Kier molecular flexibility index (Phi) is 4.18. The Labute approximate surface area is 144 Å². The second kappa shape index (κ2) is 6.16. The van der Waals surface area contributed by atoms with Crippen LogP contribution in [0.15, 0.2) is 48.7 Å². The van der Waals surface area contributed by atoms with E-state index in [9.17, 15) is 0 Å². The predicted molar refractivity (Wildman–Crippen MR) is 103 cm³/mol. The summed E-state index contributed by atoms with van der Waals surface area (Å²) in [6.45, 7) is 10.7. The van der Waals surface area contributed by atoms with Crippen molar-refractivity contribution in [2.24, 2.45) is 0 Å². The van der Waals surface area contributed by atoms with E-state index in [1.807, 2.05) is 6.07 Å². The van der Waals surface area contributed by atoms with E-state index in [0.29, 0.717) is 0 Å². The number of allylic oxidation sites excluding steroid dienone is 1. The van der Waals surface area contributed by atoms with Gasteiger partial charge in [0.2, 0.25) is 0 Å². The first-order valence-corrected chi connectivity index (χ1v) is 8.35. The first-order chi connectivity index (χ1) is 11.3. The van der Waals surface area contributed by atoms with Crippen molar-refractivity contribution < 1.29 is 0 Å². The first kappa shape index (κ1) is 16.3. The van der Waals surface area contributed by atoms with Gasteiger partial charge in [-0.25, -0.2) is 4.98 Å². The number of fused-ring (bicyclic) bond motifs is 1. The normalized spacial score (nSPS) is 12.6. The van der Waals surface area contributed by atoms with Gasteiger partial charge < -0.3 is 5.32 Å². The standard InChI is InChI=1S/C21H25N3/c1-15-10-9-13-24-19(15)22-18(20(24)23-21(3,4)5)16(2)14-17-11-7-6-8-12-17/h6-14,23H,1-5H3/b16-14+. The third-order valence-corrected chi connectivity index (χ3v) is 3.89. The van der Waals surface area contributed by atoms with Crippen molar-refractivity contribution in [3.05, 3.63) is 65.5 Å². The SMILES string of the molecule is C/C(=C\c1ccccc1)c1nc2c(C)cccn2c1NC(C)(C)C. The molecule has 24 heavy (non-hydrogen) atoms. The Hall–Kier alpha value is -2.55. The summed E-state index contributed by atoms with van der Waals surface area (Å²) in [5, 5.41) is 3.63. The fourth-order valence-electron chi connectivity index (χ4n) is 2.82. The Morgan fingerprint density at radius 1 is 1.08 bits per heavy atom. The minimum atomic E-state index is -0.0402. The molecule has 0 fully saturated rings. The van der Waals surface area contributed by atoms with Gasteiger partial charge in [-0.2, -0.15) is 0 Å². The molecule has 3 nitrogen and oxygen atoms in total. The molecule has 124 valence electrons. The number of nitrogens with zero attached hydrogens (tertiary/aromatic N) is 2. The Bertz CT molecular complexity index is 881. The van der Waals surface area contributed by atoms with Crippen molar-refractivity contribution in [3.8, 4) is 0 Å². The molecule has 0 radical (unpaired) electrons. The molecule has 0 atom stereocenters. The summed E-state index contributed by atoms with van der Waals surface area (Å²) in [6.07, 6.45) is 4.26. The lowest BCUT2D eigenvalue weighted by Gasteiger charge is -2.22. The molecule has 0 spiro atoms. The van der Waals surface area contributed by atoms with Crippen LogP contribution >= 0.6 is 0 Å². The second-order valence-electron chi connectivity index (χ2n) is 7.31. The number of anilines is 1. The molecule has 0 saturated heterocycles. The van der Waals surface area contributed by atoms with E-state index in [1.54, 1.807) is 0 Å². The van der Waals surface area contributed by atoms with Crippen LogP contribution in [0.1, 0.15) is 44.5 Å². The van der Waals surface area contributed by atoms with Crippen LogP contribution in [0, 0.1) is 6.92 Å². The van der Waals surface area contributed by atoms with Crippen LogP contribution in [0.2, 0.25) is 0 Å². The average molecular weight is 319 g/mol. The minimum Gasteiger partial charge on any atom is -0.365 e. The number of hydrogen-bond acceptors (Lipinski definition) is 2. The largest absolute Gasteiger partial charge is 0.365 e. The molecule has 3 heteroatoms. The second-order valence-corrected chi connectivity index (χ2v) is 7.31. The van der Waals surface area contributed by atoms with Crippen LogP contribution < -0.4 is 5.32 Å². The van der Waals surface area contributed by atoms with Gasteiger partial charge in [0.05, 0.1) is 0 Å². The quantitative estimate of drug-likeness (QED) is 0.699. The van der Waals surface area contributed by atoms with Crippen LogP contribution in [0.25, 0.3) is 17.3 Å². The van der Waals surface area contributed by atoms with Gasteiger partial charge in [0.25, 0.3) is 0 Å². The summed E-state index contributed by atoms with van der Waals surface area (Å²) in [4.78, 5) is 4.92. The van der Waals surface area contributed by atoms with Crippen molar-refractivity contribution >= 4 is 23.1 Å². The molecular formula is C21H25N3. The molecule has 0 unspecified atom stereocenters. The van der Waals surface area contributed by atoms with Gasteiger partial charge >= 0.3 is 0 Å².